The normalized spacial score (nSPS) is 21.2. The Hall–Kier alpha value is -1.50. The average Bonchev–Trinajstić information content (AvgIpc) is 2.37. The predicted molar refractivity (Wildman–Crippen MR) is 73.3 cm³/mol. The van der Waals surface area contributed by atoms with Crippen LogP contribution in [0.2, 0.25) is 0 Å². The van der Waals surface area contributed by atoms with Gasteiger partial charge in [-0.05, 0) is 30.0 Å². The molecule has 0 radical (unpaired) electrons. The number of para-hydroxylation sites is 1. The maximum atomic E-state index is 2.42. The summed E-state index contributed by atoms with van der Waals surface area (Å²) >= 11 is 0. The zero-order chi connectivity index (χ0) is 12.0. The lowest BCUT2D eigenvalue weighted by Gasteiger charge is -2.43. The number of benzene rings is 1. The number of anilines is 1. The minimum absolute atomic E-state index is 0.134. The van der Waals surface area contributed by atoms with E-state index in [1.807, 2.05) is 0 Å². The van der Waals surface area contributed by atoms with E-state index in [4.69, 9.17) is 0 Å². The van der Waals surface area contributed by atoms with Crippen molar-refractivity contribution in [2.45, 2.75) is 32.1 Å². The minimum Gasteiger partial charge on any atom is -0.344 e. The Balaban J connectivity index is 2.28. The fourth-order valence-electron chi connectivity index (χ4n) is 3.12. The van der Waals surface area contributed by atoms with Gasteiger partial charge in [-0.3, -0.25) is 0 Å². The molecule has 0 saturated carbocycles. The summed E-state index contributed by atoms with van der Waals surface area (Å²) in [6.45, 7) is 4.67. The summed E-state index contributed by atoms with van der Waals surface area (Å²) in [7, 11) is 2.18. The van der Waals surface area contributed by atoms with Gasteiger partial charge in [0.25, 0.3) is 0 Å². The molecule has 0 N–H and O–H groups in total. The van der Waals surface area contributed by atoms with Crippen LogP contribution in [-0.2, 0) is 5.41 Å². The minimum atomic E-state index is 0.134. The van der Waals surface area contributed by atoms with E-state index in [0.717, 1.165) is 0 Å². The van der Waals surface area contributed by atoms with Gasteiger partial charge in [0.15, 0.2) is 0 Å². The van der Waals surface area contributed by atoms with Crippen LogP contribution in [0.1, 0.15) is 32.3 Å². The molecule has 1 heteroatoms. The van der Waals surface area contributed by atoms with E-state index >= 15 is 0 Å². The molecular formula is C16H19N. The Bertz CT molecular complexity index is 520. The highest BCUT2D eigenvalue weighted by Gasteiger charge is 2.37. The molecule has 0 amide bonds. The first-order chi connectivity index (χ1) is 8.12. The van der Waals surface area contributed by atoms with Gasteiger partial charge in [0.05, 0.1) is 0 Å². The Morgan fingerprint density at radius 1 is 1.06 bits per heavy atom. The van der Waals surface area contributed by atoms with E-state index in [0.29, 0.717) is 0 Å². The summed E-state index contributed by atoms with van der Waals surface area (Å²) in [6.07, 6.45) is 7.15. The standard InChI is InChI=1S/C16H19N/c1-16(2)12-8-4-6-10-14(12)17(3)15-11-7-5-9-13(15)16/h4,6,8-11H,5,7H2,1-3H3. The zero-order valence-corrected chi connectivity index (χ0v) is 10.8. The summed E-state index contributed by atoms with van der Waals surface area (Å²) < 4.78 is 0. The van der Waals surface area contributed by atoms with Crippen molar-refractivity contribution in [2.24, 2.45) is 0 Å². The van der Waals surface area contributed by atoms with Gasteiger partial charge in [0.2, 0.25) is 0 Å². The van der Waals surface area contributed by atoms with E-state index in [2.05, 4.69) is 62.2 Å². The summed E-state index contributed by atoms with van der Waals surface area (Å²) in [5.74, 6) is 0. The van der Waals surface area contributed by atoms with Crippen molar-refractivity contribution in [1.29, 1.82) is 0 Å². The molecule has 0 aromatic heterocycles. The average molecular weight is 225 g/mol. The van der Waals surface area contributed by atoms with Crippen molar-refractivity contribution in [3.05, 3.63) is 53.3 Å². The molecule has 1 aromatic carbocycles. The zero-order valence-electron chi connectivity index (χ0n) is 10.8. The van der Waals surface area contributed by atoms with Crippen molar-refractivity contribution >= 4 is 5.69 Å². The van der Waals surface area contributed by atoms with Crippen molar-refractivity contribution in [1.82, 2.24) is 0 Å². The number of likely N-dealkylation sites (N-methyl/N-ethyl adjacent to an activating group) is 1. The SMILES string of the molecule is CN1C2=CCCC=C2C(C)(C)c2ccccc21. The number of allylic oxidation sites excluding steroid dienone is 3. The maximum Gasteiger partial charge on any atom is 0.0449 e. The number of fused-ring (bicyclic) bond motifs is 2. The van der Waals surface area contributed by atoms with E-state index in [1.54, 1.807) is 0 Å². The number of nitrogens with zero attached hydrogens (tertiary/aromatic N) is 1. The summed E-state index contributed by atoms with van der Waals surface area (Å²) in [6, 6.07) is 8.76. The van der Waals surface area contributed by atoms with Gasteiger partial charge < -0.3 is 4.90 Å². The van der Waals surface area contributed by atoms with Crippen LogP contribution in [0.4, 0.5) is 5.69 Å². The molecule has 0 atom stereocenters. The van der Waals surface area contributed by atoms with Crippen molar-refractivity contribution in [3.8, 4) is 0 Å². The molecule has 3 rings (SSSR count). The van der Waals surface area contributed by atoms with E-state index in [1.165, 1.54) is 35.4 Å². The molecule has 1 aromatic rings. The molecule has 0 fully saturated rings. The van der Waals surface area contributed by atoms with Crippen LogP contribution in [0.5, 0.6) is 0 Å². The Morgan fingerprint density at radius 2 is 1.76 bits per heavy atom. The molecule has 0 spiro atoms. The predicted octanol–water partition coefficient (Wildman–Crippen LogP) is 4.02. The third kappa shape index (κ3) is 1.38. The van der Waals surface area contributed by atoms with Gasteiger partial charge in [-0.15, -0.1) is 0 Å². The third-order valence-corrected chi connectivity index (χ3v) is 4.10. The van der Waals surface area contributed by atoms with Crippen molar-refractivity contribution in [2.75, 3.05) is 11.9 Å². The van der Waals surface area contributed by atoms with Crippen LogP contribution >= 0.6 is 0 Å². The van der Waals surface area contributed by atoms with Gasteiger partial charge in [-0.25, -0.2) is 0 Å². The monoisotopic (exact) mass is 225 g/mol. The number of rotatable bonds is 0. The number of hydrogen-bond donors (Lipinski definition) is 0. The van der Waals surface area contributed by atoms with E-state index in [9.17, 15) is 0 Å². The van der Waals surface area contributed by atoms with Crippen molar-refractivity contribution in [3.63, 3.8) is 0 Å². The molecule has 1 aliphatic heterocycles. The quantitative estimate of drug-likeness (QED) is 0.644. The largest absolute Gasteiger partial charge is 0.344 e. The fraction of sp³-hybridized carbons (Fsp3) is 0.375. The second kappa shape index (κ2) is 3.49. The lowest BCUT2D eigenvalue weighted by Crippen LogP contribution is -2.36. The molecule has 0 bridgehead atoms. The first-order valence-corrected chi connectivity index (χ1v) is 6.37. The van der Waals surface area contributed by atoms with Gasteiger partial charge in [0, 0.05) is 23.8 Å². The third-order valence-electron chi connectivity index (χ3n) is 4.10. The van der Waals surface area contributed by atoms with Gasteiger partial charge >= 0.3 is 0 Å². The second-order valence-corrected chi connectivity index (χ2v) is 5.49. The Kier molecular flexibility index (Phi) is 2.19. The summed E-state index contributed by atoms with van der Waals surface area (Å²) in [5, 5.41) is 0. The molecular weight excluding hydrogens is 206 g/mol. The van der Waals surface area contributed by atoms with Crippen LogP contribution < -0.4 is 4.90 Å². The smallest absolute Gasteiger partial charge is 0.0449 e. The summed E-state index contributed by atoms with van der Waals surface area (Å²) in [4.78, 5) is 2.34. The van der Waals surface area contributed by atoms with Crippen molar-refractivity contribution < 1.29 is 0 Å². The first kappa shape index (κ1) is 10.6. The number of hydrogen-bond acceptors (Lipinski definition) is 1. The molecule has 88 valence electrons. The highest BCUT2D eigenvalue weighted by atomic mass is 15.1. The molecule has 2 aliphatic rings. The lowest BCUT2D eigenvalue weighted by atomic mass is 9.71. The van der Waals surface area contributed by atoms with Gasteiger partial charge in [-0.1, -0.05) is 44.2 Å². The molecule has 0 saturated heterocycles. The van der Waals surface area contributed by atoms with Gasteiger partial charge in [0.1, 0.15) is 0 Å². The van der Waals surface area contributed by atoms with Crippen LogP contribution in [0.3, 0.4) is 0 Å². The molecule has 17 heavy (non-hydrogen) atoms. The highest BCUT2D eigenvalue weighted by molar-refractivity contribution is 5.71. The van der Waals surface area contributed by atoms with E-state index < -0.39 is 0 Å². The fourth-order valence-corrected chi connectivity index (χ4v) is 3.12. The molecule has 0 unspecified atom stereocenters. The second-order valence-electron chi connectivity index (χ2n) is 5.49. The maximum absolute atomic E-state index is 2.42. The first-order valence-electron chi connectivity index (χ1n) is 6.37. The van der Waals surface area contributed by atoms with E-state index in [-0.39, 0.29) is 5.41 Å². The molecule has 1 heterocycles. The van der Waals surface area contributed by atoms with Crippen LogP contribution in [0.15, 0.2) is 47.7 Å². The van der Waals surface area contributed by atoms with Crippen LogP contribution in [0, 0.1) is 0 Å². The Labute approximate surface area is 103 Å². The lowest BCUT2D eigenvalue weighted by molar-refractivity contribution is 0.599. The highest BCUT2D eigenvalue weighted by Crippen LogP contribution is 2.48. The molecule has 1 aliphatic carbocycles. The summed E-state index contributed by atoms with van der Waals surface area (Å²) in [5.41, 5.74) is 5.82. The van der Waals surface area contributed by atoms with Gasteiger partial charge in [-0.2, -0.15) is 0 Å². The molecule has 1 nitrogen and oxygen atoms in total. The topological polar surface area (TPSA) is 3.24 Å². The Morgan fingerprint density at radius 3 is 2.59 bits per heavy atom. The van der Waals surface area contributed by atoms with Crippen LogP contribution in [0.25, 0.3) is 0 Å². The van der Waals surface area contributed by atoms with Crippen LogP contribution in [-0.4, -0.2) is 7.05 Å².